The van der Waals surface area contributed by atoms with Crippen LogP contribution < -0.4 is 10.6 Å². The molecular weight excluding hydrogens is 370 g/mol. The molecule has 1 fully saturated rings. The van der Waals surface area contributed by atoms with Gasteiger partial charge in [0.1, 0.15) is 11.7 Å². The Hall–Kier alpha value is -2.92. The lowest BCUT2D eigenvalue weighted by Crippen LogP contribution is -2.30. The van der Waals surface area contributed by atoms with Gasteiger partial charge >= 0.3 is 0 Å². The van der Waals surface area contributed by atoms with Gasteiger partial charge in [-0.15, -0.1) is 0 Å². The number of hydrogen-bond acceptors (Lipinski definition) is 5. The molecule has 5 nitrogen and oxygen atoms in total. The van der Waals surface area contributed by atoms with Crippen molar-refractivity contribution in [3.63, 3.8) is 0 Å². The van der Waals surface area contributed by atoms with Crippen LogP contribution in [-0.4, -0.2) is 55.8 Å². The third-order valence-electron chi connectivity index (χ3n) is 6.04. The molecule has 5 rings (SSSR count). The van der Waals surface area contributed by atoms with E-state index < -0.39 is 0 Å². The largest absolute Gasteiger partial charge is 0.368 e. The molecule has 0 unspecified atom stereocenters. The van der Waals surface area contributed by atoms with Crippen LogP contribution in [0.4, 0.5) is 0 Å². The van der Waals surface area contributed by atoms with Crippen molar-refractivity contribution in [1.82, 2.24) is 15.5 Å². The van der Waals surface area contributed by atoms with Crippen molar-refractivity contribution in [2.45, 2.75) is 19.4 Å². The number of benzene rings is 2. The molecule has 0 bridgehead atoms. The Kier molecular flexibility index (Phi) is 5.62. The van der Waals surface area contributed by atoms with E-state index >= 15 is 0 Å². The highest BCUT2D eigenvalue weighted by Gasteiger charge is 2.15. The van der Waals surface area contributed by atoms with Gasteiger partial charge in [0.25, 0.3) is 0 Å². The average Bonchev–Trinajstić information content (AvgIpc) is 3.51. The summed E-state index contributed by atoms with van der Waals surface area (Å²) in [5.41, 5.74) is 6.60. The lowest BCUT2D eigenvalue weighted by molar-refractivity contribution is 0.249. The summed E-state index contributed by atoms with van der Waals surface area (Å²) in [4.78, 5) is 11.6. The predicted molar refractivity (Wildman–Crippen MR) is 124 cm³/mol. The number of amidine groups is 2. The van der Waals surface area contributed by atoms with Crippen molar-refractivity contribution >= 4 is 17.7 Å². The first-order chi connectivity index (χ1) is 14.8. The van der Waals surface area contributed by atoms with Crippen LogP contribution in [0.5, 0.6) is 0 Å². The number of nitrogens with zero attached hydrogens (tertiary/aromatic N) is 3. The van der Waals surface area contributed by atoms with Crippen LogP contribution in [0.25, 0.3) is 6.08 Å². The second-order valence-corrected chi connectivity index (χ2v) is 8.21. The molecule has 0 spiro atoms. The van der Waals surface area contributed by atoms with Gasteiger partial charge in [-0.05, 0) is 24.0 Å². The lowest BCUT2D eigenvalue weighted by atomic mass is 9.99. The normalized spacial score (nSPS) is 19.1. The van der Waals surface area contributed by atoms with Crippen molar-refractivity contribution < 1.29 is 0 Å². The molecule has 30 heavy (non-hydrogen) atoms. The zero-order valence-electron chi connectivity index (χ0n) is 17.4. The number of piperidine rings is 1. The maximum Gasteiger partial charge on any atom is 0.128 e. The average molecular weight is 400 g/mol. The van der Waals surface area contributed by atoms with Crippen molar-refractivity contribution in [2.75, 3.05) is 39.3 Å². The van der Waals surface area contributed by atoms with Crippen LogP contribution in [0.1, 0.15) is 35.1 Å². The standard InChI is InChI=1S/C25H29N5/c1-5-22(24-26-11-12-27-24)6-2-19(1)17-20-9-15-30(16-10-20)18-21-3-7-23(8-4-21)25-28-13-14-29-25/h1-8,17H,9-16,18H2,(H,26,27)(H,28,29). The van der Waals surface area contributed by atoms with E-state index in [9.17, 15) is 0 Å². The smallest absolute Gasteiger partial charge is 0.128 e. The van der Waals surface area contributed by atoms with Gasteiger partial charge in [-0.2, -0.15) is 0 Å². The Morgan fingerprint density at radius 1 is 0.767 bits per heavy atom. The van der Waals surface area contributed by atoms with E-state index in [4.69, 9.17) is 0 Å². The van der Waals surface area contributed by atoms with Gasteiger partial charge in [-0.3, -0.25) is 14.9 Å². The zero-order valence-corrected chi connectivity index (χ0v) is 17.4. The van der Waals surface area contributed by atoms with Gasteiger partial charge in [0.05, 0.1) is 13.1 Å². The minimum atomic E-state index is 0.883. The Bertz CT molecular complexity index is 960. The number of hydrogen-bond donors (Lipinski definition) is 2. The number of likely N-dealkylation sites (tertiary alicyclic amines) is 1. The van der Waals surface area contributed by atoms with Crippen LogP contribution in [0, 0.1) is 0 Å². The van der Waals surface area contributed by atoms with Gasteiger partial charge in [0, 0.05) is 43.9 Å². The summed E-state index contributed by atoms with van der Waals surface area (Å²) in [6.07, 6.45) is 4.67. The number of nitrogens with one attached hydrogen (secondary N) is 2. The topological polar surface area (TPSA) is 52.0 Å². The van der Waals surface area contributed by atoms with E-state index in [0.29, 0.717) is 0 Å². The Morgan fingerprint density at radius 3 is 1.87 bits per heavy atom. The zero-order chi connectivity index (χ0) is 20.2. The highest BCUT2D eigenvalue weighted by atomic mass is 15.1. The maximum absolute atomic E-state index is 4.50. The van der Waals surface area contributed by atoms with E-state index in [0.717, 1.165) is 70.3 Å². The monoisotopic (exact) mass is 399 g/mol. The molecule has 2 aromatic rings. The third-order valence-corrected chi connectivity index (χ3v) is 6.04. The van der Waals surface area contributed by atoms with E-state index in [1.807, 2.05) is 0 Å². The molecule has 0 atom stereocenters. The molecule has 2 aromatic carbocycles. The highest BCUT2D eigenvalue weighted by Crippen LogP contribution is 2.21. The highest BCUT2D eigenvalue weighted by molar-refractivity contribution is 6.00. The van der Waals surface area contributed by atoms with Crippen molar-refractivity contribution in [3.05, 3.63) is 76.4 Å². The molecule has 3 heterocycles. The molecule has 1 saturated heterocycles. The van der Waals surface area contributed by atoms with Gasteiger partial charge < -0.3 is 10.6 Å². The fraction of sp³-hybridized carbons (Fsp3) is 0.360. The first-order valence-corrected chi connectivity index (χ1v) is 11.0. The van der Waals surface area contributed by atoms with E-state index in [-0.39, 0.29) is 0 Å². The Labute approximate surface area is 178 Å². The van der Waals surface area contributed by atoms with Gasteiger partial charge in [-0.25, -0.2) is 0 Å². The minimum Gasteiger partial charge on any atom is -0.368 e. The second-order valence-electron chi connectivity index (χ2n) is 8.21. The summed E-state index contributed by atoms with van der Waals surface area (Å²) in [5, 5.41) is 6.68. The summed E-state index contributed by atoms with van der Waals surface area (Å²) < 4.78 is 0. The van der Waals surface area contributed by atoms with Crippen LogP contribution in [0.15, 0.2) is 64.1 Å². The number of aliphatic imine (C=N–C) groups is 2. The molecule has 2 N–H and O–H groups in total. The first kappa shape index (κ1) is 19.1. The quantitative estimate of drug-likeness (QED) is 0.813. The molecule has 3 aliphatic rings. The summed E-state index contributed by atoms with van der Waals surface area (Å²) in [6, 6.07) is 17.6. The van der Waals surface area contributed by atoms with Crippen LogP contribution in [-0.2, 0) is 6.54 Å². The first-order valence-electron chi connectivity index (χ1n) is 11.0. The second kappa shape index (κ2) is 8.84. The summed E-state index contributed by atoms with van der Waals surface area (Å²) in [7, 11) is 0. The Balaban J connectivity index is 1.14. The number of rotatable bonds is 5. The molecule has 154 valence electrons. The third kappa shape index (κ3) is 4.46. The summed E-state index contributed by atoms with van der Waals surface area (Å²) in [6.45, 7) is 6.95. The van der Waals surface area contributed by atoms with Gasteiger partial charge in [-0.1, -0.05) is 60.2 Å². The summed E-state index contributed by atoms with van der Waals surface area (Å²) in [5.74, 6) is 2.07. The van der Waals surface area contributed by atoms with Crippen molar-refractivity contribution in [1.29, 1.82) is 0 Å². The molecule has 0 aromatic heterocycles. The van der Waals surface area contributed by atoms with Gasteiger partial charge in [0.15, 0.2) is 0 Å². The van der Waals surface area contributed by atoms with Gasteiger partial charge in [0.2, 0.25) is 0 Å². The van der Waals surface area contributed by atoms with Crippen LogP contribution >= 0.6 is 0 Å². The Morgan fingerprint density at radius 2 is 1.33 bits per heavy atom. The molecule has 0 aliphatic carbocycles. The van der Waals surface area contributed by atoms with Crippen LogP contribution in [0.2, 0.25) is 0 Å². The molecule has 0 amide bonds. The van der Waals surface area contributed by atoms with E-state index in [2.05, 4.69) is 80.1 Å². The molecule has 0 radical (unpaired) electrons. The lowest BCUT2D eigenvalue weighted by Gasteiger charge is -2.28. The van der Waals surface area contributed by atoms with Crippen molar-refractivity contribution in [3.8, 4) is 0 Å². The fourth-order valence-corrected chi connectivity index (χ4v) is 4.32. The summed E-state index contributed by atoms with van der Waals surface area (Å²) >= 11 is 0. The molecular formula is C25H29N5. The molecule has 0 saturated carbocycles. The SMILES string of the molecule is C(=C1CCN(Cc2ccc(C3=NCCN3)cc2)CC1)c1ccc(C2=NCCN2)cc1. The van der Waals surface area contributed by atoms with Crippen molar-refractivity contribution in [2.24, 2.45) is 9.98 Å². The maximum atomic E-state index is 4.50. The molecule has 5 heteroatoms. The van der Waals surface area contributed by atoms with Crippen LogP contribution in [0.3, 0.4) is 0 Å². The van der Waals surface area contributed by atoms with E-state index in [1.54, 1.807) is 5.57 Å². The fourth-order valence-electron chi connectivity index (χ4n) is 4.32. The minimum absolute atomic E-state index is 0.883. The predicted octanol–water partition coefficient (Wildman–Crippen LogP) is 3.07. The van der Waals surface area contributed by atoms with E-state index in [1.165, 1.54) is 22.3 Å². The molecule has 3 aliphatic heterocycles.